The molecule has 1 amide bonds. The minimum absolute atomic E-state index is 0.0500. The molecule has 24 heavy (non-hydrogen) atoms. The molecule has 0 bridgehead atoms. The van der Waals surface area contributed by atoms with Crippen molar-refractivity contribution in [3.8, 4) is 6.07 Å². The van der Waals surface area contributed by atoms with E-state index in [-0.39, 0.29) is 12.0 Å². The SMILES string of the molecule is CCCNC(=O)C(C#N)C(=O)C1CC1c1ccccc1C(F)(F)F. The lowest BCUT2D eigenvalue weighted by molar-refractivity contribution is -0.138. The Bertz CT molecular complexity index is 679. The van der Waals surface area contributed by atoms with E-state index in [4.69, 9.17) is 5.26 Å². The van der Waals surface area contributed by atoms with Crippen molar-refractivity contribution in [3.05, 3.63) is 35.4 Å². The van der Waals surface area contributed by atoms with Gasteiger partial charge in [0.25, 0.3) is 0 Å². The first-order valence-electron chi connectivity index (χ1n) is 7.68. The summed E-state index contributed by atoms with van der Waals surface area (Å²) in [5.74, 6) is -4.06. The molecule has 1 aliphatic rings. The van der Waals surface area contributed by atoms with Crippen LogP contribution in [0.25, 0.3) is 0 Å². The van der Waals surface area contributed by atoms with Gasteiger partial charge >= 0.3 is 6.18 Å². The van der Waals surface area contributed by atoms with Gasteiger partial charge in [0.1, 0.15) is 0 Å². The number of hydrogen-bond donors (Lipinski definition) is 1. The molecule has 7 heteroatoms. The second kappa shape index (κ2) is 7.04. The molecule has 128 valence electrons. The van der Waals surface area contributed by atoms with Gasteiger partial charge in [-0.2, -0.15) is 18.4 Å². The zero-order valence-corrected chi connectivity index (χ0v) is 13.1. The van der Waals surface area contributed by atoms with Crippen LogP contribution in [0.5, 0.6) is 0 Å². The quantitative estimate of drug-likeness (QED) is 0.811. The van der Waals surface area contributed by atoms with Gasteiger partial charge in [-0.05, 0) is 30.4 Å². The van der Waals surface area contributed by atoms with Gasteiger partial charge in [0.05, 0.1) is 11.6 Å². The highest BCUT2D eigenvalue weighted by molar-refractivity contribution is 6.06. The predicted molar refractivity (Wildman–Crippen MR) is 79.7 cm³/mol. The van der Waals surface area contributed by atoms with Gasteiger partial charge in [-0.25, -0.2) is 0 Å². The number of rotatable bonds is 6. The molecule has 0 aliphatic heterocycles. The molecule has 1 aromatic rings. The fourth-order valence-electron chi connectivity index (χ4n) is 2.75. The maximum absolute atomic E-state index is 13.1. The van der Waals surface area contributed by atoms with Crippen LogP contribution < -0.4 is 5.32 Å². The predicted octanol–water partition coefficient (Wildman–Crippen LogP) is 3.04. The molecule has 0 aromatic heterocycles. The first-order valence-corrected chi connectivity index (χ1v) is 7.68. The molecule has 0 heterocycles. The van der Waals surface area contributed by atoms with Gasteiger partial charge < -0.3 is 5.32 Å². The van der Waals surface area contributed by atoms with E-state index in [1.807, 2.05) is 6.92 Å². The highest BCUT2D eigenvalue weighted by Gasteiger charge is 2.50. The molecule has 3 atom stereocenters. The van der Waals surface area contributed by atoms with Gasteiger partial charge in [-0.15, -0.1) is 0 Å². The van der Waals surface area contributed by atoms with E-state index in [9.17, 15) is 22.8 Å². The number of Topliss-reactive ketones (excluding diaryl/α,β-unsaturated/α-hetero) is 1. The molecule has 1 N–H and O–H groups in total. The molecule has 0 spiro atoms. The molecule has 1 saturated carbocycles. The molecule has 0 radical (unpaired) electrons. The van der Waals surface area contributed by atoms with Gasteiger partial charge in [0, 0.05) is 12.5 Å². The van der Waals surface area contributed by atoms with Crippen molar-refractivity contribution >= 4 is 11.7 Å². The number of nitrogens with one attached hydrogen (secondary N) is 1. The third-order valence-electron chi connectivity index (χ3n) is 4.05. The summed E-state index contributed by atoms with van der Waals surface area (Å²) in [6, 6.07) is 6.77. The molecule has 2 rings (SSSR count). The second-order valence-electron chi connectivity index (χ2n) is 5.79. The number of alkyl halides is 3. The Kier molecular flexibility index (Phi) is 5.27. The maximum Gasteiger partial charge on any atom is 0.416 e. The molecular weight excluding hydrogens is 321 g/mol. The second-order valence-corrected chi connectivity index (χ2v) is 5.79. The van der Waals surface area contributed by atoms with E-state index >= 15 is 0 Å². The van der Waals surface area contributed by atoms with E-state index in [1.165, 1.54) is 18.2 Å². The van der Waals surface area contributed by atoms with Crippen LogP contribution in [0.15, 0.2) is 24.3 Å². The molecule has 3 unspecified atom stereocenters. The van der Waals surface area contributed by atoms with Gasteiger partial charge in [0.2, 0.25) is 5.91 Å². The number of ketones is 1. The van der Waals surface area contributed by atoms with Gasteiger partial charge in [0.15, 0.2) is 11.7 Å². The Morgan fingerprint density at radius 2 is 2.04 bits per heavy atom. The summed E-state index contributed by atoms with van der Waals surface area (Å²) in [5, 5.41) is 11.5. The largest absolute Gasteiger partial charge is 0.416 e. The first-order chi connectivity index (χ1) is 11.3. The highest BCUT2D eigenvalue weighted by Crippen LogP contribution is 2.52. The fraction of sp³-hybridized carbons (Fsp3) is 0.471. The van der Waals surface area contributed by atoms with Crippen molar-refractivity contribution in [2.75, 3.05) is 6.54 Å². The lowest BCUT2D eigenvalue weighted by atomic mass is 9.96. The first kappa shape index (κ1) is 18.0. The monoisotopic (exact) mass is 338 g/mol. The average Bonchev–Trinajstić information content (AvgIpc) is 3.33. The van der Waals surface area contributed by atoms with Crippen LogP contribution in [-0.4, -0.2) is 18.2 Å². The Balaban J connectivity index is 2.14. The summed E-state index contributed by atoms with van der Waals surface area (Å²) in [6.45, 7) is 2.17. The van der Waals surface area contributed by atoms with Crippen LogP contribution in [-0.2, 0) is 15.8 Å². The molecule has 1 fully saturated rings. The lowest BCUT2D eigenvalue weighted by Gasteiger charge is -2.13. The number of hydrogen-bond acceptors (Lipinski definition) is 3. The van der Waals surface area contributed by atoms with E-state index < -0.39 is 41.2 Å². The minimum Gasteiger partial charge on any atom is -0.355 e. The standard InChI is InChI=1S/C17H17F3N2O2/c1-2-7-22-16(24)13(9-21)15(23)12-8-11(12)10-5-3-4-6-14(10)17(18,19)20/h3-6,11-13H,2,7-8H2,1H3,(H,22,24). The third kappa shape index (κ3) is 3.75. The number of nitriles is 1. The third-order valence-corrected chi connectivity index (χ3v) is 4.05. The number of benzene rings is 1. The van der Waals surface area contributed by atoms with E-state index in [0.29, 0.717) is 13.0 Å². The topological polar surface area (TPSA) is 70.0 Å². The van der Waals surface area contributed by atoms with Crippen molar-refractivity contribution in [1.29, 1.82) is 5.26 Å². The Morgan fingerprint density at radius 1 is 1.38 bits per heavy atom. The Morgan fingerprint density at radius 3 is 2.62 bits per heavy atom. The van der Waals surface area contributed by atoms with E-state index in [1.54, 1.807) is 6.07 Å². The fourth-order valence-corrected chi connectivity index (χ4v) is 2.75. The zero-order valence-electron chi connectivity index (χ0n) is 13.1. The van der Waals surface area contributed by atoms with Crippen molar-refractivity contribution in [2.24, 2.45) is 11.8 Å². The summed E-state index contributed by atoms with van der Waals surface area (Å²) in [5.41, 5.74) is -0.719. The molecule has 0 saturated heterocycles. The normalized spacial score (nSPS) is 20.8. The van der Waals surface area contributed by atoms with E-state index in [0.717, 1.165) is 6.07 Å². The van der Waals surface area contributed by atoms with Crippen LogP contribution in [0, 0.1) is 23.2 Å². The van der Waals surface area contributed by atoms with Crippen LogP contribution in [0.1, 0.15) is 36.8 Å². The average molecular weight is 338 g/mol. The van der Waals surface area contributed by atoms with Crippen LogP contribution in [0.3, 0.4) is 0 Å². The van der Waals surface area contributed by atoms with Gasteiger partial charge in [-0.1, -0.05) is 25.1 Å². The smallest absolute Gasteiger partial charge is 0.355 e. The van der Waals surface area contributed by atoms with Gasteiger partial charge in [-0.3, -0.25) is 9.59 Å². The number of nitrogens with zero attached hydrogens (tertiary/aromatic N) is 1. The van der Waals surface area contributed by atoms with Crippen molar-refractivity contribution < 1.29 is 22.8 Å². The number of carbonyl (C=O) groups is 2. The Hall–Kier alpha value is -2.36. The molecule has 1 aromatic carbocycles. The van der Waals surface area contributed by atoms with E-state index in [2.05, 4.69) is 5.32 Å². The summed E-state index contributed by atoms with van der Waals surface area (Å²) >= 11 is 0. The summed E-state index contributed by atoms with van der Waals surface area (Å²) < 4.78 is 39.2. The lowest BCUT2D eigenvalue weighted by Crippen LogP contribution is -2.35. The summed E-state index contributed by atoms with van der Waals surface area (Å²) in [7, 11) is 0. The molecular formula is C17H17F3N2O2. The van der Waals surface area contributed by atoms with Crippen LogP contribution in [0.2, 0.25) is 0 Å². The van der Waals surface area contributed by atoms with Crippen molar-refractivity contribution in [3.63, 3.8) is 0 Å². The molecule has 4 nitrogen and oxygen atoms in total. The minimum atomic E-state index is -4.50. The number of amides is 1. The molecule has 1 aliphatic carbocycles. The van der Waals surface area contributed by atoms with Crippen molar-refractivity contribution in [2.45, 2.75) is 31.9 Å². The summed E-state index contributed by atoms with van der Waals surface area (Å²) in [4.78, 5) is 24.2. The van der Waals surface area contributed by atoms with Crippen molar-refractivity contribution in [1.82, 2.24) is 5.32 Å². The van der Waals surface area contributed by atoms with Crippen LogP contribution in [0.4, 0.5) is 13.2 Å². The van der Waals surface area contributed by atoms with Crippen LogP contribution >= 0.6 is 0 Å². The Labute approximate surface area is 137 Å². The highest BCUT2D eigenvalue weighted by atomic mass is 19.4. The number of halogens is 3. The number of carbonyl (C=O) groups excluding carboxylic acids is 2. The zero-order chi connectivity index (χ0) is 17.9. The summed E-state index contributed by atoms with van der Waals surface area (Å²) in [6.07, 6.45) is -3.62. The maximum atomic E-state index is 13.1.